The van der Waals surface area contributed by atoms with Gasteiger partial charge in [-0.3, -0.25) is 9.59 Å². The minimum absolute atomic E-state index is 0.0606. The molecule has 0 bridgehead atoms. The van der Waals surface area contributed by atoms with Crippen molar-refractivity contribution in [3.05, 3.63) is 24.3 Å². The third-order valence-corrected chi connectivity index (χ3v) is 4.60. The van der Waals surface area contributed by atoms with Crippen molar-refractivity contribution in [1.29, 1.82) is 0 Å². The fourth-order valence-corrected chi connectivity index (χ4v) is 2.92. The standard InChI is InChI=1S/C20H32N4O3/c1-15(23(5)14-18(25)22-20(2,3)4)19(26)21-16-6-8-17(9-7-16)24-10-12-27-13-11-24/h6-9,15H,10-14H2,1-5H3,(H,21,26)(H,22,25)/p+1/t15-/m0/s1. The van der Waals surface area contributed by atoms with Gasteiger partial charge in [-0.05, 0) is 52.0 Å². The van der Waals surface area contributed by atoms with E-state index in [1.54, 1.807) is 0 Å². The third-order valence-electron chi connectivity index (χ3n) is 4.60. The fraction of sp³-hybridized carbons (Fsp3) is 0.600. The Morgan fingerprint density at radius 1 is 1.19 bits per heavy atom. The molecular weight excluding hydrogens is 344 g/mol. The molecule has 7 nitrogen and oxygen atoms in total. The predicted molar refractivity (Wildman–Crippen MR) is 107 cm³/mol. The number of nitrogens with zero attached hydrogens (tertiary/aromatic N) is 1. The first-order valence-corrected chi connectivity index (χ1v) is 9.52. The Hall–Kier alpha value is -2.12. The highest BCUT2D eigenvalue weighted by Gasteiger charge is 2.25. The van der Waals surface area contributed by atoms with Crippen LogP contribution in [0.2, 0.25) is 0 Å². The number of ether oxygens (including phenoxy) is 1. The Morgan fingerprint density at radius 3 is 2.33 bits per heavy atom. The Bertz CT molecular complexity index is 634. The van der Waals surface area contributed by atoms with Gasteiger partial charge >= 0.3 is 0 Å². The van der Waals surface area contributed by atoms with Crippen LogP contribution in [-0.2, 0) is 14.3 Å². The maximum absolute atomic E-state index is 12.5. The summed E-state index contributed by atoms with van der Waals surface area (Å²) in [6, 6.07) is 7.51. The highest BCUT2D eigenvalue weighted by atomic mass is 16.5. The molecule has 3 N–H and O–H groups in total. The van der Waals surface area contributed by atoms with E-state index in [0.29, 0.717) is 0 Å². The van der Waals surface area contributed by atoms with Gasteiger partial charge in [0.25, 0.3) is 11.8 Å². The lowest BCUT2D eigenvalue weighted by atomic mass is 10.1. The van der Waals surface area contributed by atoms with Crippen LogP contribution in [0.4, 0.5) is 11.4 Å². The molecule has 2 atom stereocenters. The summed E-state index contributed by atoms with van der Waals surface area (Å²) in [5.41, 5.74) is 1.62. The molecule has 1 aliphatic rings. The zero-order chi connectivity index (χ0) is 20.0. The predicted octanol–water partition coefficient (Wildman–Crippen LogP) is 0.280. The molecule has 1 aromatic rings. The molecule has 1 aliphatic heterocycles. The molecule has 27 heavy (non-hydrogen) atoms. The summed E-state index contributed by atoms with van der Waals surface area (Å²) in [6.45, 7) is 11.2. The Kier molecular flexibility index (Phi) is 7.21. The number of likely N-dealkylation sites (N-methyl/N-ethyl adjacent to an activating group) is 1. The molecule has 1 heterocycles. The average molecular weight is 378 g/mol. The van der Waals surface area contributed by atoms with E-state index >= 15 is 0 Å². The van der Waals surface area contributed by atoms with Crippen LogP contribution >= 0.6 is 0 Å². The number of hydrogen-bond acceptors (Lipinski definition) is 4. The van der Waals surface area contributed by atoms with E-state index in [-0.39, 0.29) is 29.9 Å². The monoisotopic (exact) mass is 377 g/mol. The summed E-state index contributed by atoms with van der Waals surface area (Å²) < 4.78 is 5.37. The van der Waals surface area contributed by atoms with Gasteiger partial charge in [0.1, 0.15) is 0 Å². The molecule has 0 spiro atoms. The molecule has 150 valence electrons. The number of anilines is 2. The number of carbonyl (C=O) groups excluding carboxylic acids is 2. The number of nitrogens with one attached hydrogen (secondary N) is 3. The highest BCUT2D eigenvalue weighted by molar-refractivity contribution is 5.94. The number of morpholine rings is 1. The molecule has 1 saturated heterocycles. The number of rotatable bonds is 6. The minimum Gasteiger partial charge on any atom is -0.378 e. The molecule has 2 rings (SSSR count). The molecule has 0 radical (unpaired) electrons. The van der Waals surface area contributed by atoms with Crippen molar-refractivity contribution in [3.63, 3.8) is 0 Å². The van der Waals surface area contributed by atoms with Crippen LogP contribution in [0.25, 0.3) is 0 Å². The van der Waals surface area contributed by atoms with Gasteiger partial charge < -0.3 is 25.2 Å². The van der Waals surface area contributed by atoms with E-state index in [1.807, 2.05) is 59.0 Å². The van der Waals surface area contributed by atoms with E-state index in [9.17, 15) is 9.59 Å². The molecular formula is C20H33N4O3+. The van der Waals surface area contributed by atoms with Crippen LogP contribution in [0.3, 0.4) is 0 Å². The lowest BCUT2D eigenvalue weighted by molar-refractivity contribution is -0.885. The van der Waals surface area contributed by atoms with Crippen LogP contribution in [0, 0.1) is 0 Å². The lowest BCUT2D eigenvalue weighted by Crippen LogP contribution is -3.15. The second kappa shape index (κ2) is 9.19. The number of hydrogen-bond donors (Lipinski definition) is 3. The van der Waals surface area contributed by atoms with Gasteiger partial charge in [0.05, 0.1) is 20.3 Å². The zero-order valence-corrected chi connectivity index (χ0v) is 17.1. The van der Waals surface area contributed by atoms with Gasteiger partial charge in [0, 0.05) is 30.0 Å². The van der Waals surface area contributed by atoms with Crippen LogP contribution in [-0.4, -0.2) is 63.3 Å². The first-order valence-electron chi connectivity index (χ1n) is 9.52. The third kappa shape index (κ3) is 6.84. The van der Waals surface area contributed by atoms with Crippen molar-refractivity contribution >= 4 is 23.2 Å². The van der Waals surface area contributed by atoms with E-state index < -0.39 is 0 Å². The zero-order valence-electron chi connectivity index (χ0n) is 17.1. The lowest BCUT2D eigenvalue weighted by Gasteiger charge is -2.29. The van der Waals surface area contributed by atoms with Crippen molar-refractivity contribution in [1.82, 2.24) is 5.32 Å². The van der Waals surface area contributed by atoms with Crippen molar-refractivity contribution in [3.8, 4) is 0 Å². The van der Waals surface area contributed by atoms with Gasteiger partial charge in [-0.1, -0.05) is 0 Å². The molecule has 0 saturated carbocycles. The average Bonchev–Trinajstić information content (AvgIpc) is 2.60. The van der Waals surface area contributed by atoms with Gasteiger partial charge in [0.15, 0.2) is 12.6 Å². The van der Waals surface area contributed by atoms with Crippen LogP contribution < -0.4 is 20.4 Å². The van der Waals surface area contributed by atoms with E-state index in [1.165, 1.54) is 0 Å². The first-order chi connectivity index (χ1) is 12.7. The SMILES string of the molecule is C[C@@H](C(=O)Nc1ccc(N2CCOCC2)cc1)[NH+](C)CC(=O)NC(C)(C)C. The number of quaternary nitrogens is 1. The summed E-state index contributed by atoms with van der Waals surface area (Å²) in [5.74, 6) is -0.162. The smallest absolute Gasteiger partial charge is 0.282 e. The summed E-state index contributed by atoms with van der Waals surface area (Å²) in [4.78, 5) is 27.7. The van der Waals surface area contributed by atoms with Crippen molar-refractivity contribution in [2.24, 2.45) is 0 Å². The van der Waals surface area contributed by atoms with E-state index in [0.717, 1.165) is 42.6 Å². The van der Waals surface area contributed by atoms with Gasteiger partial charge in [-0.25, -0.2) is 0 Å². The van der Waals surface area contributed by atoms with Gasteiger partial charge in [-0.2, -0.15) is 0 Å². The molecule has 0 aromatic heterocycles. The highest BCUT2D eigenvalue weighted by Crippen LogP contribution is 2.19. The molecule has 1 aromatic carbocycles. The van der Waals surface area contributed by atoms with Gasteiger partial charge in [0.2, 0.25) is 0 Å². The summed E-state index contributed by atoms with van der Waals surface area (Å²) in [7, 11) is 1.86. The molecule has 7 heteroatoms. The quantitative estimate of drug-likeness (QED) is 0.666. The Balaban J connectivity index is 1.86. The van der Waals surface area contributed by atoms with E-state index in [2.05, 4.69) is 15.5 Å². The largest absolute Gasteiger partial charge is 0.378 e. The summed E-state index contributed by atoms with van der Waals surface area (Å²) in [6.07, 6.45) is 0. The summed E-state index contributed by atoms with van der Waals surface area (Å²) >= 11 is 0. The Morgan fingerprint density at radius 2 is 1.78 bits per heavy atom. The fourth-order valence-electron chi connectivity index (χ4n) is 2.92. The van der Waals surface area contributed by atoms with Crippen LogP contribution in [0.5, 0.6) is 0 Å². The number of carbonyl (C=O) groups is 2. The summed E-state index contributed by atoms with van der Waals surface area (Å²) in [5, 5.41) is 5.87. The van der Waals surface area contributed by atoms with Gasteiger partial charge in [-0.15, -0.1) is 0 Å². The van der Waals surface area contributed by atoms with E-state index in [4.69, 9.17) is 4.74 Å². The molecule has 0 aliphatic carbocycles. The number of benzene rings is 1. The number of amides is 2. The molecule has 1 unspecified atom stereocenters. The van der Waals surface area contributed by atoms with Crippen molar-refractivity contribution in [2.75, 3.05) is 50.1 Å². The Labute approximate surface area is 162 Å². The minimum atomic E-state index is -0.338. The van der Waals surface area contributed by atoms with Crippen molar-refractivity contribution in [2.45, 2.75) is 39.3 Å². The molecule has 1 fully saturated rings. The first kappa shape index (κ1) is 21.2. The second-order valence-corrected chi connectivity index (χ2v) is 8.18. The maximum atomic E-state index is 12.5. The normalized spacial score (nSPS) is 17.1. The molecule has 2 amide bonds. The maximum Gasteiger partial charge on any atom is 0.282 e. The second-order valence-electron chi connectivity index (χ2n) is 8.18. The van der Waals surface area contributed by atoms with Crippen LogP contribution in [0.1, 0.15) is 27.7 Å². The topological polar surface area (TPSA) is 75.1 Å². The van der Waals surface area contributed by atoms with Crippen molar-refractivity contribution < 1.29 is 19.2 Å². The van der Waals surface area contributed by atoms with Crippen LogP contribution in [0.15, 0.2) is 24.3 Å².